The Labute approximate surface area is 149 Å². The third-order valence-electron chi connectivity index (χ3n) is 4.72. The highest BCUT2D eigenvalue weighted by Crippen LogP contribution is 2.29. The second kappa shape index (κ2) is 7.55. The molecule has 1 amide bonds. The van der Waals surface area contributed by atoms with Crippen LogP contribution in [0.2, 0.25) is 0 Å². The van der Waals surface area contributed by atoms with Gasteiger partial charge >= 0.3 is 0 Å². The summed E-state index contributed by atoms with van der Waals surface area (Å²) in [7, 11) is 5.54. The van der Waals surface area contributed by atoms with Crippen LogP contribution in [0.15, 0.2) is 42.6 Å². The summed E-state index contributed by atoms with van der Waals surface area (Å²) in [5.74, 6) is 2.10. The van der Waals surface area contributed by atoms with Gasteiger partial charge < -0.3 is 14.5 Å². The van der Waals surface area contributed by atoms with Crippen molar-refractivity contribution in [2.45, 2.75) is 18.8 Å². The van der Waals surface area contributed by atoms with Crippen LogP contribution in [0.3, 0.4) is 0 Å². The van der Waals surface area contributed by atoms with Crippen LogP contribution in [0.4, 0.5) is 5.82 Å². The van der Waals surface area contributed by atoms with Crippen molar-refractivity contribution in [3.05, 3.63) is 53.7 Å². The minimum Gasteiger partial charge on any atom is -0.497 e. The minimum absolute atomic E-state index is 0.0816. The van der Waals surface area contributed by atoms with Crippen LogP contribution in [0, 0.1) is 0 Å². The fourth-order valence-corrected chi connectivity index (χ4v) is 3.31. The molecule has 0 spiro atoms. The van der Waals surface area contributed by atoms with Gasteiger partial charge in [-0.2, -0.15) is 0 Å². The van der Waals surface area contributed by atoms with Gasteiger partial charge in [-0.3, -0.25) is 4.79 Å². The molecule has 1 aromatic carbocycles. The molecule has 1 saturated heterocycles. The van der Waals surface area contributed by atoms with Gasteiger partial charge in [0.2, 0.25) is 0 Å². The van der Waals surface area contributed by atoms with Crippen LogP contribution in [0.1, 0.15) is 34.7 Å². The number of likely N-dealkylation sites (tertiary alicyclic amines) is 1. The molecule has 2 heterocycles. The summed E-state index contributed by atoms with van der Waals surface area (Å²) in [5.41, 5.74) is 1.94. The van der Waals surface area contributed by atoms with E-state index in [1.165, 1.54) is 5.56 Å². The molecule has 25 heavy (non-hydrogen) atoms. The maximum atomic E-state index is 12.9. The van der Waals surface area contributed by atoms with E-state index in [9.17, 15) is 4.79 Å². The smallest absolute Gasteiger partial charge is 0.254 e. The third-order valence-corrected chi connectivity index (χ3v) is 4.72. The highest BCUT2D eigenvalue weighted by Gasteiger charge is 2.26. The topological polar surface area (TPSA) is 45.7 Å². The molecule has 3 rings (SSSR count). The monoisotopic (exact) mass is 339 g/mol. The molecule has 132 valence electrons. The molecular weight excluding hydrogens is 314 g/mol. The van der Waals surface area contributed by atoms with E-state index in [4.69, 9.17) is 4.74 Å². The highest BCUT2D eigenvalue weighted by molar-refractivity contribution is 5.95. The molecule has 0 aliphatic carbocycles. The number of aromatic nitrogens is 1. The average Bonchev–Trinajstić information content (AvgIpc) is 2.67. The molecule has 2 aromatic rings. The molecule has 0 radical (unpaired) electrons. The number of methoxy groups -OCH3 is 1. The quantitative estimate of drug-likeness (QED) is 0.858. The summed E-state index contributed by atoms with van der Waals surface area (Å²) >= 11 is 0. The molecule has 1 aliphatic heterocycles. The molecule has 0 saturated carbocycles. The number of carbonyl (C=O) groups excluding carboxylic acids is 1. The predicted molar refractivity (Wildman–Crippen MR) is 99.4 cm³/mol. The summed E-state index contributed by atoms with van der Waals surface area (Å²) in [6.45, 7) is 1.55. The molecule has 1 aliphatic rings. The number of hydrogen-bond acceptors (Lipinski definition) is 4. The largest absolute Gasteiger partial charge is 0.497 e. The standard InChI is InChI=1S/C20H25N3O2/c1-22(2)19-13-16(9-10-21-19)20(24)23-11-5-7-17(14-23)15-6-4-8-18(12-15)25-3/h4,6,8-10,12-13,17H,5,7,11,14H2,1-3H3. The van der Waals surface area contributed by atoms with Crippen LogP contribution < -0.4 is 9.64 Å². The van der Waals surface area contributed by atoms with E-state index in [2.05, 4.69) is 17.1 Å². The number of amides is 1. The van der Waals surface area contributed by atoms with E-state index in [0.29, 0.717) is 11.5 Å². The zero-order valence-corrected chi connectivity index (χ0v) is 15.1. The van der Waals surface area contributed by atoms with Gasteiger partial charge in [0.1, 0.15) is 11.6 Å². The number of pyridine rings is 1. The van der Waals surface area contributed by atoms with Crippen LogP contribution in [0.5, 0.6) is 5.75 Å². The molecule has 5 nitrogen and oxygen atoms in total. The summed E-state index contributed by atoms with van der Waals surface area (Å²) in [6, 6.07) is 11.8. The number of piperidine rings is 1. The Hall–Kier alpha value is -2.56. The van der Waals surface area contributed by atoms with E-state index < -0.39 is 0 Å². The van der Waals surface area contributed by atoms with Crippen molar-refractivity contribution in [2.24, 2.45) is 0 Å². The van der Waals surface area contributed by atoms with Crippen molar-refractivity contribution in [1.29, 1.82) is 0 Å². The van der Waals surface area contributed by atoms with Crippen molar-refractivity contribution in [3.8, 4) is 5.75 Å². The normalized spacial score (nSPS) is 17.2. The van der Waals surface area contributed by atoms with Gasteiger partial charge in [0.25, 0.3) is 5.91 Å². The van der Waals surface area contributed by atoms with Gasteiger partial charge in [-0.15, -0.1) is 0 Å². The van der Waals surface area contributed by atoms with Crippen molar-refractivity contribution in [2.75, 3.05) is 39.2 Å². The van der Waals surface area contributed by atoms with Crippen molar-refractivity contribution in [1.82, 2.24) is 9.88 Å². The maximum Gasteiger partial charge on any atom is 0.254 e. The summed E-state index contributed by atoms with van der Waals surface area (Å²) in [6.07, 6.45) is 3.81. The lowest BCUT2D eigenvalue weighted by molar-refractivity contribution is 0.0707. The number of benzene rings is 1. The Balaban J connectivity index is 1.76. The molecular formula is C20H25N3O2. The number of hydrogen-bond donors (Lipinski definition) is 0. The van der Waals surface area contributed by atoms with E-state index >= 15 is 0 Å². The van der Waals surface area contributed by atoms with Crippen LogP contribution >= 0.6 is 0 Å². The first-order valence-electron chi connectivity index (χ1n) is 8.65. The SMILES string of the molecule is COc1cccc(C2CCCN(C(=O)c3ccnc(N(C)C)c3)C2)c1. The van der Waals surface area contributed by atoms with Crippen molar-refractivity contribution < 1.29 is 9.53 Å². The van der Waals surface area contributed by atoms with E-state index in [-0.39, 0.29) is 5.91 Å². The minimum atomic E-state index is 0.0816. The van der Waals surface area contributed by atoms with Crippen molar-refractivity contribution >= 4 is 11.7 Å². The van der Waals surface area contributed by atoms with Crippen LogP contribution in [-0.2, 0) is 0 Å². The molecule has 1 atom stereocenters. The van der Waals surface area contributed by atoms with E-state index in [1.54, 1.807) is 19.4 Å². The number of carbonyl (C=O) groups is 1. The first-order chi connectivity index (χ1) is 12.1. The Morgan fingerprint density at radius 1 is 1.28 bits per heavy atom. The Bertz CT molecular complexity index is 745. The number of ether oxygens (including phenoxy) is 1. The average molecular weight is 339 g/mol. The fourth-order valence-electron chi connectivity index (χ4n) is 3.31. The van der Waals surface area contributed by atoms with Crippen LogP contribution in [0.25, 0.3) is 0 Å². The fraction of sp³-hybridized carbons (Fsp3) is 0.400. The lowest BCUT2D eigenvalue weighted by atomic mass is 9.90. The Kier molecular flexibility index (Phi) is 5.22. The van der Waals surface area contributed by atoms with Crippen LogP contribution in [-0.4, -0.2) is 50.1 Å². The van der Waals surface area contributed by atoms with Crippen molar-refractivity contribution in [3.63, 3.8) is 0 Å². The van der Waals surface area contributed by atoms with Gasteiger partial charge in [0.05, 0.1) is 7.11 Å². The molecule has 1 aromatic heterocycles. The lowest BCUT2D eigenvalue weighted by Crippen LogP contribution is -2.39. The summed E-state index contributed by atoms with van der Waals surface area (Å²) in [4.78, 5) is 21.1. The van der Waals surface area contributed by atoms with Gasteiger partial charge in [-0.25, -0.2) is 4.98 Å². The summed E-state index contributed by atoms with van der Waals surface area (Å²) in [5, 5.41) is 0. The van der Waals surface area contributed by atoms with E-state index in [0.717, 1.165) is 37.5 Å². The van der Waals surface area contributed by atoms with Gasteiger partial charge in [0.15, 0.2) is 0 Å². The van der Waals surface area contributed by atoms with E-state index in [1.807, 2.05) is 42.1 Å². The first-order valence-corrected chi connectivity index (χ1v) is 8.65. The zero-order chi connectivity index (χ0) is 17.8. The number of rotatable bonds is 4. The molecule has 0 N–H and O–H groups in total. The molecule has 0 bridgehead atoms. The lowest BCUT2D eigenvalue weighted by Gasteiger charge is -2.33. The molecule has 1 unspecified atom stereocenters. The molecule has 1 fully saturated rings. The predicted octanol–water partition coefficient (Wildman–Crippen LogP) is 3.18. The zero-order valence-electron chi connectivity index (χ0n) is 15.1. The highest BCUT2D eigenvalue weighted by atomic mass is 16.5. The Morgan fingerprint density at radius 3 is 2.88 bits per heavy atom. The summed E-state index contributed by atoms with van der Waals surface area (Å²) < 4.78 is 5.33. The third kappa shape index (κ3) is 3.92. The molecule has 5 heteroatoms. The number of nitrogens with zero attached hydrogens (tertiary/aromatic N) is 3. The van der Waals surface area contributed by atoms with Gasteiger partial charge in [-0.05, 0) is 42.7 Å². The van der Waals surface area contributed by atoms with Gasteiger partial charge in [-0.1, -0.05) is 12.1 Å². The first kappa shape index (κ1) is 17.3. The number of anilines is 1. The second-order valence-electron chi connectivity index (χ2n) is 6.66. The second-order valence-corrected chi connectivity index (χ2v) is 6.66. The Morgan fingerprint density at radius 2 is 2.12 bits per heavy atom. The maximum absolute atomic E-state index is 12.9. The van der Waals surface area contributed by atoms with Gasteiger partial charge in [0, 0.05) is 44.9 Å².